The van der Waals surface area contributed by atoms with Crippen molar-refractivity contribution in [1.82, 2.24) is 10.3 Å². The molecule has 1 unspecified atom stereocenters. The highest BCUT2D eigenvalue weighted by atomic mass is 32.1. The molecule has 0 amide bonds. The van der Waals surface area contributed by atoms with Crippen LogP contribution in [0.5, 0.6) is 0 Å². The van der Waals surface area contributed by atoms with E-state index in [1.165, 1.54) is 21.0 Å². The second-order valence-electron chi connectivity index (χ2n) is 4.54. The predicted octanol–water partition coefficient (Wildman–Crippen LogP) is 3.77. The Kier molecular flexibility index (Phi) is 4.15. The molecule has 1 N–H and O–H groups in total. The van der Waals surface area contributed by atoms with Crippen molar-refractivity contribution >= 4 is 11.3 Å². The highest BCUT2D eigenvalue weighted by Gasteiger charge is 2.18. The quantitative estimate of drug-likeness (QED) is 0.905. The van der Waals surface area contributed by atoms with Gasteiger partial charge in [0.05, 0.1) is 11.7 Å². The average molecular weight is 260 g/mol. The maximum atomic E-state index is 4.70. The number of benzene rings is 1. The summed E-state index contributed by atoms with van der Waals surface area (Å²) in [6.07, 6.45) is 0. The molecule has 1 atom stereocenters. The summed E-state index contributed by atoms with van der Waals surface area (Å²) in [5, 5.41) is 4.71. The summed E-state index contributed by atoms with van der Waals surface area (Å²) in [4.78, 5) is 6.01. The van der Waals surface area contributed by atoms with Crippen LogP contribution in [0.4, 0.5) is 0 Å². The number of rotatable bonds is 4. The molecule has 0 spiro atoms. The zero-order valence-electron chi connectivity index (χ0n) is 11.4. The summed E-state index contributed by atoms with van der Waals surface area (Å²) in [7, 11) is 0. The van der Waals surface area contributed by atoms with Gasteiger partial charge < -0.3 is 5.32 Å². The first-order valence-corrected chi connectivity index (χ1v) is 7.18. The van der Waals surface area contributed by atoms with Crippen molar-refractivity contribution in [3.05, 3.63) is 51.0 Å². The number of hydrogen-bond acceptors (Lipinski definition) is 3. The second kappa shape index (κ2) is 5.63. The molecule has 0 aliphatic rings. The van der Waals surface area contributed by atoms with Crippen LogP contribution in [0.15, 0.2) is 24.3 Å². The van der Waals surface area contributed by atoms with Crippen LogP contribution >= 0.6 is 11.3 Å². The molecule has 3 heteroatoms. The Bertz CT molecular complexity index is 512. The van der Waals surface area contributed by atoms with Crippen molar-refractivity contribution in [1.29, 1.82) is 0 Å². The number of nitrogens with zero attached hydrogens (tertiary/aromatic N) is 1. The minimum atomic E-state index is 0.216. The van der Waals surface area contributed by atoms with Gasteiger partial charge in [-0.3, -0.25) is 0 Å². The summed E-state index contributed by atoms with van der Waals surface area (Å²) < 4.78 is 0. The van der Waals surface area contributed by atoms with E-state index in [-0.39, 0.29) is 6.04 Å². The van der Waals surface area contributed by atoms with Crippen molar-refractivity contribution in [2.45, 2.75) is 33.7 Å². The van der Waals surface area contributed by atoms with Crippen LogP contribution in [-0.2, 0) is 0 Å². The van der Waals surface area contributed by atoms with Crippen molar-refractivity contribution in [3.63, 3.8) is 0 Å². The first kappa shape index (κ1) is 13.2. The van der Waals surface area contributed by atoms with E-state index in [0.717, 1.165) is 12.2 Å². The van der Waals surface area contributed by atoms with Gasteiger partial charge in [-0.25, -0.2) is 4.98 Å². The first-order valence-electron chi connectivity index (χ1n) is 6.36. The molecule has 0 saturated carbocycles. The summed E-state index contributed by atoms with van der Waals surface area (Å²) >= 11 is 1.79. The third-order valence-electron chi connectivity index (χ3n) is 3.20. The monoisotopic (exact) mass is 260 g/mol. The molecule has 0 bridgehead atoms. The van der Waals surface area contributed by atoms with E-state index in [2.05, 4.69) is 57.3 Å². The van der Waals surface area contributed by atoms with E-state index in [0.29, 0.717) is 0 Å². The standard InChI is InChI=1S/C15H20N2S/c1-5-16-14(13-9-7-6-8-10(13)2)15-17-11(3)12(4)18-15/h6-9,14,16H,5H2,1-4H3. The van der Waals surface area contributed by atoms with Crippen molar-refractivity contribution < 1.29 is 0 Å². The smallest absolute Gasteiger partial charge is 0.115 e. The molecule has 2 aromatic rings. The maximum Gasteiger partial charge on any atom is 0.115 e. The molecule has 1 aromatic carbocycles. The number of thiazole rings is 1. The zero-order chi connectivity index (χ0) is 13.1. The summed E-state index contributed by atoms with van der Waals surface area (Å²) in [5.41, 5.74) is 3.79. The van der Waals surface area contributed by atoms with Crippen molar-refractivity contribution in [2.75, 3.05) is 6.54 Å². The number of nitrogens with one attached hydrogen (secondary N) is 1. The Balaban J connectivity index is 2.43. The Morgan fingerprint density at radius 1 is 1.22 bits per heavy atom. The SMILES string of the molecule is CCNC(c1nc(C)c(C)s1)c1ccccc1C. The van der Waals surface area contributed by atoms with Crippen LogP contribution in [0.2, 0.25) is 0 Å². The topological polar surface area (TPSA) is 24.9 Å². The number of aromatic nitrogens is 1. The fraction of sp³-hybridized carbons (Fsp3) is 0.400. The van der Waals surface area contributed by atoms with Gasteiger partial charge in [0.15, 0.2) is 0 Å². The van der Waals surface area contributed by atoms with E-state index >= 15 is 0 Å². The van der Waals surface area contributed by atoms with E-state index in [1.807, 2.05) is 0 Å². The minimum absolute atomic E-state index is 0.216. The number of hydrogen-bond donors (Lipinski definition) is 1. The third kappa shape index (κ3) is 2.62. The van der Waals surface area contributed by atoms with Crippen LogP contribution in [-0.4, -0.2) is 11.5 Å². The molecule has 18 heavy (non-hydrogen) atoms. The lowest BCUT2D eigenvalue weighted by atomic mass is 10.0. The Labute approximate surface area is 113 Å². The van der Waals surface area contributed by atoms with Gasteiger partial charge in [0.1, 0.15) is 5.01 Å². The molecule has 0 saturated heterocycles. The van der Waals surface area contributed by atoms with Crippen molar-refractivity contribution in [3.8, 4) is 0 Å². The van der Waals surface area contributed by atoms with Gasteiger partial charge in [-0.1, -0.05) is 31.2 Å². The predicted molar refractivity (Wildman–Crippen MR) is 78.3 cm³/mol. The highest BCUT2D eigenvalue weighted by molar-refractivity contribution is 7.11. The third-order valence-corrected chi connectivity index (χ3v) is 4.34. The minimum Gasteiger partial charge on any atom is -0.305 e. The summed E-state index contributed by atoms with van der Waals surface area (Å²) in [5.74, 6) is 0. The zero-order valence-corrected chi connectivity index (χ0v) is 12.3. The Morgan fingerprint density at radius 3 is 2.50 bits per heavy atom. The number of aryl methyl sites for hydroxylation is 3. The molecular formula is C15H20N2S. The fourth-order valence-electron chi connectivity index (χ4n) is 2.07. The van der Waals surface area contributed by atoms with Gasteiger partial charge >= 0.3 is 0 Å². The van der Waals surface area contributed by atoms with Gasteiger partial charge in [0, 0.05) is 4.88 Å². The van der Waals surface area contributed by atoms with E-state index in [4.69, 9.17) is 4.98 Å². The molecule has 0 fully saturated rings. The maximum absolute atomic E-state index is 4.70. The fourth-order valence-corrected chi connectivity index (χ4v) is 3.08. The molecule has 2 rings (SSSR count). The highest BCUT2D eigenvalue weighted by Crippen LogP contribution is 2.29. The molecular weight excluding hydrogens is 240 g/mol. The normalized spacial score (nSPS) is 12.7. The second-order valence-corrected chi connectivity index (χ2v) is 5.78. The van der Waals surface area contributed by atoms with Crippen LogP contribution in [0, 0.1) is 20.8 Å². The van der Waals surface area contributed by atoms with Gasteiger partial charge in [0.2, 0.25) is 0 Å². The molecule has 1 heterocycles. The molecule has 1 aromatic heterocycles. The lowest BCUT2D eigenvalue weighted by Crippen LogP contribution is -2.22. The summed E-state index contributed by atoms with van der Waals surface area (Å²) in [6.45, 7) is 9.45. The Morgan fingerprint density at radius 2 is 1.94 bits per heavy atom. The molecule has 0 aliphatic carbocycles. The lowest BCUT2D eigenvalue weighted by Gasteiger charge is -2.18. The molecule has 0 radical (unpaired) electrons. The van der Waals surface area contributed by atoms with Crippen LogP contribution in [0.1, 0.15) is 39.7 Å². The first-order chi connectivity index (χ1) is 8.63. The van der Waals surface area contributed by atoms with Gasteiger partial charge in [0.25, 0.3) is 0 Å². The summed E-state index contributed by atoms with van der Waals surface area (Å²) in [6, 6.07) is 8.75. The van der Waals surface area contributed by atoms with Crippen LogP contribution < -0.4 is 5.32 Å². The van der Waals surface area contributed by atoms with Crippen molar-refractivity contribution in [2.24, 2.45) is 0 Å². The molecule has 0 aliphatic heterocycles. The van der Waals surface area contributed by atoms with E-state index in [9.17, 15) is 0 Å². The van der Waals surface area contributed by atoms with Gasteiger partial charge in [-0.2, -0.15) is 0 Å². The van der Waals surface area contributed by atoms with Crippen LogP contribution in [0.3, 0.4) is 0 Å². The van der Waals surface area contributed by atoms with Gasteiger partial charge in [-0.15, -0.1) is 11.3 Å². The largest absolute Gasteiger partial charge is 0.305 e. The van der Waals surface area contributed by atoms with E-state index in [1.54, 1.807) is 11.3 Å². The average Bonchev–Trinajstić information content (AvgIpc) is 2.68. The molecule has 2 nitrogen and oxygen atoms in total. The van der Waals surface area contributed by atoms with Gasteiger partial charge in [-0.05, 0) is 38.4 Å². The van der Waals surface area contributed by atoms with Crippen LogP contribution in [0.25, 0.3) is 0 Å². The van der Waals surface area contributed by atoms with E-state index < -0.39 is 0 Å². The molecule has 96 valence electrons. The Hall–Kier alpha value is -1.19. The lowest BCUT2D eigenvalue weighted by molar-refractivity contribution is 0.623.